The predicted molar refractivity (Wildman–Crippen MR) is 108 cm³/mol. The van der Waals surface area contributed by atoms with E-state index in [2.05, 4.69) is 15.3 Å². The molecule has 2 aromatic rings. The highest BCUT2D eigenvalue weighted by atomic mass is 16.5. The molecule has 0 radical (unpaired) electrons. The van der Waals surface area contributed by atoms with Gasteiger partial charge in [0.2, 0.25) is 5.91 Å². The molecule has 0 unspecified atom stereocenters. The molecule has 29 heavy (non-hydrogen) atoms. The number of nitrogens with two attached hydrogens (primary N) is 1. The number of ether oxygens (including phenoxy) is 1. The first-order chi connectivity index (χ1) is 14.0. The first kappa shape index (κ1) is 19.4. The highest BCUT2D eigenvalue weighted by molar-refractivity contribution is 5.94. The first-order valence-electron chi connectivity index (χ1n) is 10.1. The van der Waals surface area contributed by atoms with E-state index in [0.29, 0.717) is 36.0 Å². The van der Waals surface area contributed by atoms with Gasteiger partial charge in [-0.1, -0.05) is 0 Å². The van der Waals surface area contributed by atoms with Gasteiger partial charge in [0.05, 0.1) is 6.54 Å². The Labute approximate surface area is 169 Å². The van der Waals surface area contributed by atoms with Crippen molar-refractivity contribution < 1.29 is 14.3 Å². The van der Waals surface area contributed by atoms with Crippen LogP contribution in [0.25, 0.3) is 0 Å². The van der Waals surface area contributed by atoms with Crippen LogP contribution in [0.5, 0.6) is 5.75 Å². The van der Waals surface area contributed by atoms with Gasteiger partial charge < -0.3 is 25.7 Å². The normalized spacial score (nSPS) is 21.9. The monoisotopic (exact) mass is 397 g/mol. The molecule has 2 amide bonds. The average molecular weight is 397 g/mol. The van der Waals surface area contributed by atoms with Gasteiger partial charge >= 0.3 is 0 Å². The number of hydrogen-bond acceptors (Lipinski definition) is 5. The van der Waals surface area contributed by atoms with Gasteiger partial charge in [-0.05, 0) is 50.6 Å². The topological polar surface area (TPSA) is 113 Å². The zero-order chi connectivity index (χ0) is 20.4. The van der Waals surface area contributed by atoms with E-state index in [1.165, 1.54) is 0 Å². The van der Waals surface area contributed by atoms with E-state index in [4.69, 9.17) is 10.5 Å². The van der Waals surface area contributed by atoms with Crippen LogP contribution in [-0.4, -0.2) is 59.0 Å². The second-order valence-corrected chi connectivity index (χ2v) is 7.81. The van der Waals surface area contributed by atoms with E-state index in [0.717, 1.165) is 43.9 Å². The van der Waals surface area contributed by atoms with Crippen molar-refractivity contribution in [3.63, 3.8) is 0 Å². The summed E-state index contributed by atoms with van der Waals surface area (Å²) in [5.41, 5.74) is 7.04. The van der Waals surface area contributed by atoms with E-state index in [-0.39, 0.29) is 12.0 Å². The summed E-state index contributed by atoms with van der Waals surface area (Å²) in [6, 6.07) is 6.74. The quantitative estimate of drug-likeness (QED) is 0.709. The molecule has 1 aromatic heterocycles. The number of carbonyl (C=O) groups excluding carboxylic acids is 2. The Morgan fingerprint density at radius 1 is 1.24 bits per heavy atom. The summed E-state index contributed by atoms with van der Waals surface area (Å²) in [4.78, 5) is 33.9. The number of rotatable bonds is 5. The zero-order valence-electron chi connectivity index (χ0n) is 16.6. The number of primary amides is 1. The van der Waals surface area contributed by atoms with Crippen molar-refractivity contribution in [1.82, 2.24) is 20.2 Å². The maximum atomic E-state index is 13.0. The maximum absolute atomic E-state index is 13.0. The van der Waals surface area contributed by atoms with Crippen LogP contribution in [0.15, 0.2) is 24.3 Å². The molecule has 0 aliphatic carbocycles. The van der Waals surface area contributed by atoms with Crippen molar-refractivity contribution in [2.75, 3.05) is 26.2 Å². The number of likely N-dealkylation sites (tertiary alicyclic amines) is 1. The predicted octanol–water partition coefficient (Wildman–Crippen LogP) is 1.58. The molecule has 8 heteroatoms. The van der Waals surface area contributed by atoms with Gasteiger partial charge in [-0.3, -0.25) is 9.59 Å². The summed E-state index contributed by atoms with van der Waals surface area (Å²) in [6.07, 6.45) is 2.88. The molecule has 2 saturated heterocycles. The minimum atomic E-state index is -0.466. The number of aromatic amines is 1. The molecule has 0 bridgehead atoms. The Balaban J connectivity index is 1.38. The molecule has 0 saturated carbocycles. The molecular weight excluding hydrogens is 370 g/mol. The van der Waals surface area contributed by atoms with Crippen LogP contribution in [0.2, 0.25) is 0 Å². The summed E-state index contributed by atoms with van der Waals surface area (Å²) in [7, 11) is 0. The lowest BCUT2D eigenvalue weighted by molar-refractivity contribution is 0.0766. The van der Waals surface area contributed by atoms with Gasteiger partial charge in [-0.25, -0.2) is 4.98 Å². The molecule has 8 nitrogen and oxygen atoms in total. The van der Waals surface area contributed by atoms with Crippen molar-refractivity contribution in [1.29, 1.82) is 0 Å². The molecule has 0 spiro atoms. The SMILES string of the molecule is Cc1[nH]c([C@H]2CCCNC2)nc1C(=O)N1CC[C@H](Oc2ccc(C(N)=O)cc2)C1. The molecule has 2 fully saturated rings. The highest BCUT2D eigenvalue weighted by Crippen LogP contribution is 2.24. The Morgan fingerprint density at radius 3 is 2.72 bits per heavy atom. The highest BCUT2D eigenvalue weighted by Gasteiger charge is 2.31. The van der Waals surface area contributed by atoms with Crippen molar-refractivity contribution in [2.24, 2.45) is 5.73 Å². The molecule has 4 N–H and O–H groups in total. The van der Waals surface area contributed by atoms with Crippen LogP contribution in [0, 0.1) is 6.92 Å². The number of aromatic nitrogens is 2. The number of aryl methyl sites for hydroxylation is 1. The Morgan fingerprint density at radius 2 is 2.03 bits per heavy atom. The van der Waals surface area contributed by atoms with E-state index in [1.807, 2.05) is 6.92 Å². The summed E-state index contributed by atoms with van der Waals surface area (Å²) < 4.78 is 5.97. The molecule has 4 rings (SSSR count). The van der Waals surface area contributed by atoms with Gasteiger partial charge in [0, 0.05) is 36.7 Å². The molecule has 2 aliphatic rings. The lowest BCUT2D eigenvalue weighted by Gasteiger charge is -2.20. The van der Waals surface area contributed by atoms with E-state index in [1.54, 1.807) is 29.2 Å². The molecule has 2 atom stereocenters. The Hall–Kier alpha value is -2.87. The minimum absolute atomic E-state index is 0.0519. The number of piperidine rings is 1. The van der Waals surface area contributed by atoms with Gasteiger partial charge in [0.25, 0.3) is 5.91 Å². The van der Waals surface area contributed by atoms with Crippen LogP contribution >= 0.6 is 0 Å². The van der Waals surface area contributed by atoms with E-state index in [9.17, 15) is 9.59 Å². The number of imidazole rings is 1. The van der Waals surface area contributed by atoms with Gasteiger partial charge in [0.15, 0.2) is 0 Å². The van der Waals surface area contributed by atoms with E-state index >= 15 is 0 Å². The van der Waals surface area contributed by atoms with Crippen LogP contribution in [0.3, 0.4) is 0 Å². The number of amides is 2. The largest absolute Gasteiger partial charge is 0.489 e. The number of benzene rings is 1. The fourth-order valence-corrected chi connectivity index (χ4v) is 4.02. The summed E-state index contributed by atoms with van der Waals surface area (Å²) in [5, 5.41) is 3.39. The third-order valence-electron chi connectivity index (χ3n) is 5.66. The van der Waals surface area contributed by atoms with Crippen molar-refractivity contribution in [2.45, 2.75) is 38.2 Å². The summed E-state index contributed by atoms with van der Waals surface area (Å²) in [5.74, 6) is 1.38. The number of nitrogens with one attached hydrogen (secondary N) is 2. The molecule has 154 valence electrons. The zero-order valence-corrected chi connectivity index (χ0v) is 16.6. The fourth-order valence-electron chi connectivity index (χ4n) is 4.02. The standard InChI is InChI=1S/C21H27N5O3/c1-13-18(25-20(24-13)15-3-2-9-23-11-15)21(28)26-10-8-17(12-26)29-16-6-4-14(5-7-16)19(22)27/h4-7,15,17,23H,2-3,8-12H2,1H3,(H2,22,27)(H,24,25)/t15-,17-/m0/s1. The van der Waals surface area contributed by atoms with Gasteiger partial charge in [0.1, 0.15) is 23.4 Å². The molecular formula is C21H27N5O3. The molecule has 1 aromatic carbocycles. The van der Waals surface area contributed by atoms with Crippen molar-refractivity contribution in [3.05, 3.63) is 47.0 Å². The lowest BCUT2D eigenvalue weighted by atomic mass is 9.99. The first-order valence-corrected chi connectivity index (χ1v) is 10.1. The minimum Gasteiger partial charge on any atom is -0.489 e. The van der Waals surface area contributed by atoms with Crippen molar-refractivity contribution >= 4 is 11.8 Å². The smallest absolute Gasteiger partial charge is 0.274 e. The second kappa shape index (κ2) is 8.24. The number of carbonyl (C=O) groups is 2. The van der Waals surface area contributed by atoms with Crippen LogP contribution in [-0.2, 0) is 0 Å². The van der Waals surface area contributed by atoms with Crippen LogP contribution in [0.4, 0.5) is 0 Å². The third-order valence-corrected chi connectivity index (χ3v) is 5.66. The molecule has 3 heterocycles. The summed E-state index contributed by atoms with van der Waals surface area (Å²) in [6.45, 7) is 5.00. The number of nitrogens with zero attached hydrogens (tertiary/aromatic N) is 2. The van der Waals surface area contributed by atoms with Crippen molar-refractivity contribution in [3.8, 4) is 5.75 Å². The van der Waals surface area contributed by atoms with Gasteiger partial charge in [-0.2, -0.15) is 0 Å². The van der Waals surface area contributed by atoms with Crippen LogP contribution in [0.1, 0.15) is 57.5 Å². The lowest BCUT2D eigenvalue weighted by Crippen LogP contribution is -2.32. The van der Waals surface area contributed by atoms with E-state index < -0.39 is 5.91 Å². The fraction of sp³-hybridized carbons (Fsp3) is 0.476. The van der Waals surface area contributed by atoms with Crippen LogP contribution < -0.4 is 15.8 Å². The number of hydrogen-bond donors (Lipinski definition) is 3. The molecule has 2 aliphatic heterocycles. The number of H-pyrrole nitrogens is 1. The Bertz CT molecular complexity index is 886. The maximum Gasteiger partial charge on any atom is 0.274 e. The average Bonchev–Trinajstić information content (AvgIpc) is 3.35. The third kappa shape index (κ3) is 4.27. The second-order valence-electron chi connectivity index (χ2n) is 7.81. The summed E-state index contributed by atoms with van der Waals surface area (Å²) >= 11 is 0. The van der Waals surface area contributed by atoms with Gasteiger partial charge in [-0.15, -0.1) is 0 Å². The Kier molecular flexibility index (Phi) is 5.53.